The molecule has 3 heterocycles. The molecule has 1 aromatic rings. The average Bonchev–Trinajstić information content (AvgIpc) is 3.39. The van der Waals surface area contributed by atoms with Gasteiger partial charge in [-0.15, -0.1) is 0 Å². The first kappa shape index (κ1) is 36.8. The number of hydrogen-bond acceptors (Lipinski definition) is 6. The number of halogens is 4. The zero-order valence-corrected chi connectivity index (χ0v) is 29.2. The number of carbonyl (C=O) groups is 1. The van der Waals surface area contributed by atoms with Gasteiger partial charge in [0.15, 0.2) is 0 Å². The molecule has 3 N–H and O–H groups in total. The summed E-state index contributed by atoms with van der Waals surface area (Å²) in [5.74, 6) is -0.0389. The third-order valence-corrected chi connectivity index (χ3v) is 13.0. The number of sulfonamides is 1. The van der Waals surface area contributed by atoms with Gasteiger partial charge >= 0.3 is 6.18 Å². The van der Waals surface area contributed by atoms with Crippen molar-refractivity contribution in [1.82, 2.24) is 20.3 Å². The molecule has 1 amide bonds. The number of carbonyl (C=O) groups excluding carboxylic acids is 1. The van der Waals surface area contributed by atoms with Gasteiger partial charge in [-0.2, -0.15) is 17.5 Å². The Balaban J connectivity index is 1.32. The van der Waals surface area contributed by atoms with Gasteiger partial charge in [0.2, 0.25) is 15.9 Å². The molecular weight excluding hydrogens is 653 g/mol. The van der Waals surface area contributed by atoms with E-state index in [0.717, 1.165) is 50.5 Å². The van der Waals surface area contributed by atoms with Crippen molar-refractivity contribution in [2.75, 3.05) is 32.0 Å². The standard InChI is InChI=1S/C34H52ClF3N4O4S/c1-33(2)20-25(15-18-46-33)30(24-9-12-26(35)13-10-24)31(39-17-5-16-34(36,37)38)32(43)41-29-8-3-6-23(29)11-14-28-21-40-27-7-4-19-47(44,45)42(28)22-27/h9-10,12-13,23,25,27-31,39-40H,3-8,11,14-22H2,1-2H3,(H,41,43)/t23-,25?,27-,28+,29+,30?,31?/m1/s1. The van der Waals surface area contributed by atoms with Crippen LogP contribution in [0.2, 0.25) is 5.02 Å². The highest BCUT2D eigenvalue weighted by Crippen LogP contribution is 2.41. The van der Waals surface area contributed by atoms with Crippen LogP contribution in [0.1, 0.15) is 96.0 Å². The molecule has 266 valence electrons. The highest BCUT2D eigenvalue weighted by Gasteiger charge is 2.43. The summed E-state index contributed by atoms with van der Waals surface area (Å²) in [7, 11) is -3.28. The van der Waals surface area contributed by atoms with Crippen LogP contribution >= 0.6 is 11.6 Å². The van der Waals surface area contributed by atoms with Gasteiger partial charge < -0.3 is 20.7 Å². The number of piperazine rings is 1. The molecule has 8 nitrogen and oxygen atoms in total. The molecule has 3 aliphatic heterocycles. The molecule has 47 heavy (non-hydrogen) atoms. The van der Waals surface area contributed by atoms with Crippen molar-refractivity contribution in [3.05, 3.63) is 34.9 Å². The summed E-state index contributed by atoms with van der Waals surface area (Å²) in [5, 5.41) is 10.7. The first-order valence-corrected chi connectivity index (χ1v) is 19.4. The van der Waals surface area contributed by atoms with E-state index in [0.29, 0.717) is 37.6 Å². The van der Waals surface area contributed by atoms with Crippen molar-refractivity contribution in [2.24, 2.45) is 11.8 Å². The minimum Gasteiger partial charge on any atom is -0.376 e. The van der Waals surface area contributed by atoms with E-state index in [1.54, 1.807) is 16.4 Å². The highest BCUT2D eigenvalue weighted by molar-refractivity contribution is 7.89. The number of amides is 1. The fourth-order valence-electron chi connectivity index (χ4n) is 8.43. The number of ether oxygens (including phenoxy) is 1. The van der Waals surface area contributed by atoms with Crippen LogP contribution in [0.15, 0.2) is 24.3 Å². The van der Waals surface area contributed by atoms with Gasteiger partial charge in [0.25, 0.3) is 0 Å². The molecule has 4 aliphatic rings. The van der Waals surface area contributed by atoms with Crippen LogP contribution in [0.5, 0.6) is 0 Å². The van der Waals surface area contributed by atoms with Crippen LogP contribution in [-0.2, 0) is 19.6 Å². The van der Waals surface area contributed by atoms with E-state index in [4.69, 9.17) is 16.3 Å². The number of hydrogen-bond donors (Lipinski definition) is 3. The Labute approximate surface area is 283 Å². The van der Waals surface area contributed by atoms with E-state index < -0.39 is 34.3 Å². The number of nitrogens with zero attached hydrogens (tertiary/aromatic N) is 1. The van der Waals surface area contributed by atoms with E-state index in [1.807, 2.05) is 26.0 Å². The predicted octanol–water partition coefficient (Wildman–Crippen LogP) is 5.76. The number of nitrogens with one attached hydrogen (secondary N) is 3. The van der Waals surface area contributed by atoms with E-state index in [1.165, 1.54) is 0 Å². The summed E-state index contributed by atoms with van der Waals surface area (Å²) in [6.45, 7) is 5.83. The average molecular weight is 705 g/mol. The zero-order valence-electron chi connectivity index (χ0n) is 27.7. The van der Waals surface area contributed by atoms with Gasteiger partial charge in [0, 0.05) is 55.2 Å². The van der Waals surface area contributed by atoms with E-state index >= 15 is 0 Å². The SMILES string of the molecule is CC1(C)CC(C(c2ccc(Cl)cc2)C(NCCCC(F)(F)F)C(=O)N[C@H]2CCC[C@@H]2CC[C@H]2CN[C@@H]3CCCS(=O)(=O)N2C3)CCO1. The molecule has 1 aliphatic carbocycles. The van der Waals surface area contributed by atoms with Crippen LogP contribution < -0.4 is 16.0 Å². The normalized spacial score (nSPS) is 31.9. The summed E-state index contributed by atoms with van der Waals surface area (Å²) in [6.07, 6.45) is 1.91. The Bertz CT molecular complexity index is 1300. The molecule has 0 radical (unpaired) electrons. The second kappa shape index (κ2) is 15.6. The second-order valence-corrected chi connectivity index (χ2v) is 17.2. The summed E-state index contributed by atoms with van der Waals surface area (Å²) >= 11 is 6.24. The molecule has 4 fully saturated rings. The molecule has 3 saturated heterocycles. The van der Waals surface area contributed by atoms with Crippen LogP contribution in [-0.4, -0.2) is 86.6 Å². The summed E-state index contributed by atoms with van der Waals surface area (Å²) < 4.78 is 72.9. The van der Waals surface area contributed by atoms with Gasteiger partial charge in [-0.25, -0.2) is 8.42 Å². The Kier molecular flexibility index (Phi) is 12.2. The molecule has 4 unspecified atom stereocenters. The summed E-state index contributed by atoms with van der Waals surface area (Å²) in [6, 6.07) is 6.73. The Morgan fingerprint density at radius 2 is 1.89 bits per heavy atom. The van der Waals surface area contributed by atoms with E-state index in [9.17, 15) is 26.4 Å². The van der Waals surface area contributed by atoms with Gasteiger partial charge in [-0.05, 0) is 108 Å². The molecular formula is C34H52ClF3N4O4S. The number of fused-ring (bicyclic) bond motifs is 2. The summed E-state index contributed by atoms with van der Waals surface area (Å²) in [4.78, 5) is 14.3. The number of rotatable bonds is 12. The minimum absolute atomic E-state index is 0.0579. The van der Waals surface area contributed by atoms with Crippen LogP contribution in [0, 0.1) is 11.8 Å². The quantitative estimate of drug-likeness (QED) is 0.240. The van der Waals surface area contributed by atoms with Gasteiger partial charge in [0.1, 0.15) is 0 Å². The predicted molar refractivity (Wildman–Crippen MR) is 178 cm³/mol. The zero-order chi connectivity index (χ0) is 33.8. The van der Waals surface area contributed by atoms with Crippen molar-refractivity contribution in [2.45, 2.75) is 126 Å². The molecule has 2 bridgehead atoms. The third-order valence-electron chi connectivity index (χ3n) is 10.8. The largest absolute Gasteiger partial charge is 0.389 e. The summed E-state index contributed by atoms with van der Waals surface area (Å²) in [5.41, 5.74) is 0.529. The van der Waals surface area contributed by atoms with Crippen molar-refractivity contribution < 1.29 is 31.1 Å². The number of benzene rings is 1. The first-order valence-electron chi connectivity index (χ1n) is 17.4. The minimum atomic E-state index is -4.27. The Hall–Kier alpha value is -1.44. The third kappa shape index (κ3) is 10.1. The topological polar surface area (TPSA) is 99.8 Å². The molecule has 13 heteroatoms. The van der Waals surface area contributed by atoms with Crippen molar-refractivity contribution in [3.8, 4) is 0 Å². The molecule has 0 spiro atoms. The molecule has 5 rings (SSSR count). The van der Waals surface area contributed by atoms with Gasteiger partial charge in [0.05, 0.1) is 17.4 Å². The van der Waals surface area contributed by atoms with Crippen LogP contribution in [0.25, 0.3) is 0 Å². The van der Waals surface area contributed by atoms with E-state index in [-0.39, 0.29) is 60.5 Å². The smallest absolute Gasteiger partial charge is 0.376 e. The van der Waals surface area contributed by atoms with Crippen molar-refractivity contribution >= 4 is 27.5 Å². The molecule has 0 aromatic heterocycles. The maximum Gasteiger partial charge on any atom is 0.389 e. The Morgan fingerprint density at radius 3 is 2.62 bits per heavy atom. The number of alkyl halides is 3. The monoisotopic (exact) mass is 704 g/mol. The highest BCUT2D eigenvalue weighted by atomic mass is 35.5. The maximum atomic E-state index is 14.3. The van der Waals surface area contributed by atoms with Crippen molar-refractivity contribution in [1.29, 1.82) is 0 Å². The van der Waals surface area contributed by atoms with Crippen LogP contribution in [0.4, 0.5) is 13.2 Å². The Morgan fingerprint density at radius 1 is 1.13 bits per heavy atom. The molecule has 8 atom stereocenters. The fourth-order valence-corrected chi connectivity index (χ4v) is 10.4. The fraction of sp³-hybridized carbons (Fsp3) is 0.794. The lowest BCUT2D eigenvalue weighted by atomic mass is 9.73. The van der Waals surface area contributed by atoms with E-state index in [2.05, 4.69) is 16.0 Å². The van der Waals surface area contributed by atoms with Crippen molar-refractivity contribution in [3.63, 3.8) is 0 Å². The van der Waals surface area contributed by atoms with Gasteiger partial charge in [-0.1, -0.05) is 30.2 Å². The second-order valence-electron chi connectivity index (χ2n) is 14.8. The molecule has 1 saturated carbocycles. The lowest BCUT2D eigenvalue weighted by Gasteiger charge is -2.42. The molecule has 1 aromatic carbocycles. The van der Waals surface area contributed by atoms with Crippen LogP contribution in [0.3, 0.4) is 0 Å². The lowest BCUT2D eigenvalue weighted by molar-refractivity contribution is -0.135. The van der Waals surface area contributed by atoms with Gasteiger partial charge in [-0.3, -0.25) is 4.79 Å². The first-order chi connectivity index (χ1) is 22.2. The maximum absolute atomic E-state index is 14.3. The lowest BCUT2D eigenvalue weighted by Crippen LogP contribution is -2.57.